The Morgan fingerprint density at radius 2 is 1.73 bits per heavy atom. The molecule has 7 nitrogen and oxygen atoms in total. The summed E-state index contributed by atoms with van der Waals surface area (Å²) in [5.74, 6) is 1.75. The molecule has 1 aliphatic carbocycles. The summed E-state index contributed by atoms with van der Waals surface area (Å²) < 4.78 is 34.3. The van der Waals surface area contributed by atoms with Gasteiger partial charge in [-0.2, -0.15) is 0 Å². The van der Waals surface area contributed by atoms with E-state index in [1.165, 1.54) is 11.1 Å². The number of aryl methyl sites for hydroxylation is 1. The minimum atomic E-state index is -3.61. The number of ether oxygens (including phenoxy) is 1. The van der Waals surface area contributed by atoms with Gasteiger partial charge in [0, 0.05) is 25.0 Å². The lowest BCUT2D eigenvalue weighted by molar-refractivity contribution is -0.131. The third kappa shape index (κ3) is 7.35. The average Bonchev–Trinajstić information content (AvgIpc) is 3.17. The zero-order valence-corrected chi connectivity index (χ0v) is 24.7. The summed E-state index contributed by atoms with van der Waals surface area (Å²) in [7, 11) is -1.91. The Kier molecular flexibility index (Phi) is 10.5. The number of halogens is 1. The summed E-state index contributed by atoms with van der Waals surface area (Å²) >= 11 is 0. The van der Waals surface area contributed by atoms with Gasteiger partial charge in [0.05, 0.1) is 18.6 Å². The molecular weight excluding hydrogens is 546 g/mol. The molecule has 1 amide bonds. The Balaban J connectivity index is 0.00000370. The van der Waals surface area contributed by atoms with Crippen molar-refractivity contribution in [2.75, 3.05) is 39.8 Å². The summed E-state index contributed by atoms with van der Waals surface area (Å²) in [5.41, 5.74) is 2.78. The maximum Gasteiger partial charge on any atom is 0.241 e. The van der Waals surface area contributed by atoms with Crippen LogP contribution in [-0.2, 0) is 27.7 Å². The van der Waals surface area contributed by atoms with Crippen molar-refractivity contribution >= 4 is 39.1 Å². The molecular formula is C31H40ClN3O4S. The second-order valence-electron chi connectivity index (χ2n) is 10.9. The molecule has 0 radical (unpaired) electrons. The predicted octanol–water partition coefficient (Wildman–Crippen LogP) is 4.57. The number of sulfonamides is 1. The van der Waals surface area contributed by atoms with Gasteiger partial charge in [-0.15, -0.1) is 12.4 Å². The Morgan fingerprint density at radius 1 is 0.950 bits per heavy atom. The fourth-order valence-corrected chi connectivity index (χ4v) is 7.29. The minimum Gasteiger partial charge on any atom is -0.497 e. The first-order valence-electron chi connectivity index (χ1n) is 14.0. The largest absolute Gasteiger partial charge is 0.497 e. The third-order valence-electron chi connectivity index (χ3n) is 8.26. The zero-order valence-electron chi connectivity index (χ0n) is 23.1. The van der Waals surface area contributed by atoms with Crippen molar-refractivity contribution in [1.82, 2.24) is 14.9 Å². The first kappa shape index (κ1) is 30.3. The highest BCUT2D eigenvalue weighted by Gasteiger charge is 2.25. The SMILES string of the molecule is COc1ccc2c(c1)CC(CNCC(=O)N1CCC(CNS(=O)(=O)c3cccc4ccccc34)CC1)CCC2.Cl. The van der Waals surface area contributed by atoms with Gasteiger partial charge in [-0.05, 0) is 91.6 Å². The number of hydrogen-bond donors (Lipinski definition) is 2. The third-order valence-corrected chi connectivity index (χ3v) is 9.74. The summed E-state index contributed by atoms with van der Waals surface area (Å²) in [6.07, 6.45) is 6.02. The molecule has 1 fully saturated rings. The number of hydrogen-bond acceptors (Lipinski definition) is 5. The molecule has 40 heavy (non-hydrogen) atoms. The number of rotatable bonds is 9. The van der Waals surface area contributed by atoms with E-state index in [4.69, 9.17) is 4.74 Å². The van der Waals surface area contributed by atoms with Crippen LogP contribution in [0, 0.1) is 11.8 Å². The van der Waals surface area contributed by atoms with E-state index in [0.29, 0.717) is 37.0 Å². The highest BCUT2D eigenvalue weighted by molar-refractivity contribution is 7.89. The number of nitrogens with zero attached hydrogens (tertiary/aromatic N) is 1. The van der Waals surface area contributed by atoms with Crippen molar-refractivity contribution in [2.45, 2.75) is 43.4 Å². The van der Waals surface area contributed by atoms with Crippen LogP contribution >= 0.6 is 12.4 Å². The summed E-state index contributed by atoms with van der Waals surface area (Å²) in [6.45, 7) is 2.89. The first-order chi connectivity index (χ1) is 18.9. The molecule has 1 saturated heterocycles. The molecule has 1 heterocycles. The fraction of sp³-hybridized carbons (Fsp3) is 0.452. The molecule has 0 saturated carbocycles. The lowest BCUT2D eigenvalue weighted by atomic mass is 9.96. The lowest BCUT2D eigenvalue weighted by Crippen LogP contribution is -2.45. The molecule has 2 aliphatic rings. The van der Waals surface area contributed by atoms with Gasteiger partial charge in [0.15, 0.2) is 0 Å². The van der Waals surface area contributed by atoms with Gasteiger partial charge in [0.25, 0.3) is 0 Å². The van der Waals surface area contributed by atoms with Gasteiger partial charge >= 0.3 is 0 Å². The van der Waals surface area contributed by atoms with Crippen LogP contribution in [0.25, 0.3) is 10.8 Å². The number of methoxy groups -OCH3 is 1. The Hall–Kier alpha value is -2.65. The van der Waals surface area contributed by atoms with Crippen LogP contribution in [0.1, 0.15) is 36.8 Å². The number of carbonyl (C=O) groups excluding carboxylic acids is 1. The van der Waals surface area contributed by atoms with Crippen molar-refractivity contribution < 1.29 is 17.9 Å². The minimum absolute atomic E-state index is 0. The van der Waals surface area contributed by atoms with E-state index in [2.05, 4.69) is 22.2 Å². The Bertz CT molecular complexity index is 1400. The fourth-order valence-electron chi connectivity index (χ4n) is 5.95. The second kappa shape index (κ2) is 13.8. The van der Waals surface area contributed by atoms with Crippen LogP contribution in [0.4, 0.5) is 0 Å². The molecule has 1 unspecified atom stereocenters. The highest BCUT2D eigenvalue weighted by atomic mass is 35.5. The van der Waals surface area contributed by atoms with Crippen LogP contribution in [0.3, 0.4) is 0 Å². The number of nitrogens with one attached hydrogen (secondary N) is 2. The van der Waals surface area contributed by atoms with E-state index in [0.717, 1.165) is 61.6 Å². The van der Waals surface area contributed by atoms with E-state index >= 15 is 0 Å². The lowest BCUT2D eigenvalue weighted by Gasteiger charge is -2.32. The number of carbonyl (C=O) groups is 1. The molecule has 0 spiro atoms. The molecule has 1 atom stereocenters. The summed E-state index contributed by atoms with van der Waals surface area (Å²) in [4.78, 5) is 15.1. The number of fused-ring (bicyclic) bond motifs is 2. The van der Waals surface area contributed by atoms with Gasteiger partial charge < -0.3 is 15.0 Å². The predicted molar refractivity (Wildman–Crippen MR) is 162 cm³/mol. The molecule has 5 rings (SSSR count). The molecule has 0 bridgehead atoms. The van der Waals surface area contributed by atoms with Crippen molar-refractivity contribution in [3.63, 3.8) is 0 Å². The molecule has 2 N–H and O–H groups in total. The van der Waals surface area contributed by atoms with Crippen molar-refractivity contribution in [3.8, 4) is 5.75 Å². The molecule has 3 aromatic rings. The second-order valence-corrected chi connectivity index (χ2v) is 12.6. The summed E-state index contributed by atoms with van der Waals surface area (Å²) in [5, 5.41) is 5.05. The van der Waals surface area contributed by atoms with E-state index in [9.17, 15) is 13.2 Å². The van der Waals surface area contributed by atoms with Gasteiger partial charge in [-0.3, -0.25) is 4.79 Å². The van der Waals surface area contributed by atoms with E-state index in [1.54, 1.807) is 19.2 Å². The zero-order chi connectivity index (χ0) is 27.2. The monoisotopic (exact) mass is 585 g/mol. The quantitative estimate of drug-likeness (QED) is 0.359. The maximum absolute atomic E-state index is 13.0. The number of likely N-dealkylation sites (tertiary alicyclic amines) is 1. The topological polar surface area (TPSA) is 87.7 Å². The van der Waals surface area contributed by atoms with Crippen LogP contribution in [0.2, 0.25) is 0 Å². The van der Waals surface area contributed by atoms with Crippen molar-refractivity contribution in [3.05, 3.63) is 71.8 Å². The normalized spacial score (nSPS) is 18.0. The smallest absolute Gasteiger partial charge is 0.241 e. The van der Waals surface area contributed by atoms with Crippen LogP contribution in [0.15, 0.2) is 65.6 Å². The molecule has 9 heteroatoms. The van der Waals surface area contributed by atoms with Gasteiger partial charge in [0.1, 0.15) is 5.75 Å². The Morgan fingerprint density at radius 3 is 2.52 bits per heavy atom. The molecule has 1 aliphatic heterocycles. The Labute approximate surface area is 244 Å². The number of benzene rings is 3. The molecule has 3 aromatic carbocycles. The van der Waals surface area contributed by atoms with Gasteiger partial charge in [-0.1, -0.05) is 42.5 Å². The molecule has 0 aromatic heterocycles. The van der Waals surface area contributed by atoms with E-state index < -0.39 is 10.0 Å². The van der Waals surface area contributed by atoms with Crippen molar-refractivity contribution in [1.29, 1.82) is 0 Å². The highest BCUT2D eigenvalue weighted by Crippen LogP contribution is 2.28. The van der Waals surface area contributed by atoms with Gasteiger partial charge in [-0.25, -0.2) is 13.1 Å². The van der Waals surface area contributed by atoms with E-state index in [-0.39, 0.29) is 24.2 Å². The van der Waals surface area contributed by atoms with Crippen LogP contribution in [0.5, 0.6) is 5.75 Å². The maximum atomic E-state index is 13.0. The van der Waals surface area contributed by atoms with E-state index in [1.807, 2.05) is 41.3 Å². The van der Waals surface area contributed by atoms with Gasteiger partial charge in [0.2, 0.25) is 15.9 Å². The first-order valence-corrected chi connectivity index (χ1v) is 15.5. The summed E-state index contributed by atoms with van der Waals surface area (Å²) in [6, 6.07) is 19.3. The number of piperidine rings is 1. The van der Waals surface area contributed by atoms with Crippen LogP contribution in [-0.4, -0.2) is 59.1 Å². The van der Waals surface area contributed by atoms with Crippen LogP contribution < -0.4 is 14.8 Å². The molecule has 216 valence electrons. The standard InChI is InChI=1S/C31H39N3O4S.ClH/c1-38-28-13-12-25-8-4-6-24(18-27(25)19-28)20-32-22-31(35)34-16-14-23(15-17-34)21-33-39(36,37)30-11-5-9-26-7-2-3-10-29(26)30;/h2-3,5,7,9-13,19,23-24,32-33H,4,6,8,14-18,20-22H2,1H3;1H. The van der Waals surface area contributed by atoms with Crippen molar-refractivity contribution in [2.24, 2.45) is 11.8 Å². The average molecular weight is 586 g/mol. The number of amides is 1.